The van der Waals surface area contributed by atoms with Crippen molar-refractivity contribution < 1.29 is 9.90 Å². The zero-order valence-corrected chi connectivity index (χ0v) is 17.2. The van der Waals surface area contributed by atoms with Gasteiger partial charge in [0.1, 0.15) is 5.54 Å². The number of aliphatic carboxylic acids is 1. The van der Waals surface area contributed by atoms with Crippen molar-refractivity contribution in [2.45, 2.75) is 12.0 Å². The molecule has 1 aromatic heterocycles. The number of nitrogens with one attached hydrogen (secondary N) is 1. The van der Waals surface area contributed by atoms with Crippen molar-refractivity contribution in [3.63, 3.8) is 0 Å². The summed E-state index contributed by atoms with van der Waals surface area (Å²) in [4.78, 5) is 15.4. The summed E-state index contributed by atoms with van der Waals surface area (Å²) < 4.78 is 2.17. The Morgan fingerprint density at radius 2 is 1.32 bits per heavy atom. The first-order valence-corrected chi connectivity index (χ1v) is 10.3. The van der Waals surface area contributed by atoms with Crippen molar-refractivity contribution in [2.24, 2.45) is 0 Å². The number of nitrogens with zero attached hydrogens (tertiary/aromatic N) is 2. The fraction of sp³-hybridized carbons (Fsp3) is 0.154. The van der Waals surface area contributed by atoms with Crippen molar-refractivity contribution >= 4 is 5.97 Å². The summed E-state index contributed by atoms with van der Waals surface area (Å²) in [5.41, 5.74) is 3.75. The first-order chi connectivity index (χ1) is 15.2. The molecule has 0 amide bonds. The second kappa shape index (κ2) is 9.41. The number of hydrogen-bond acceptors (Lipinski definition) is 3. The van der Waals surface area contributed by atoms with Crippen LogP contribution < -0.4 is 5.32 Å². The van der Waals surface area contributed by atoms with Gasteiger partial charge in [0.2, 0.25) is 0 Å². The van der Waals surface area contributed by atoms with Crippen LogP contribution in [-0.2, 0) is 16.8 Å². The van der Waals surface area contributed by atoms with Crippen molar-refractivity contribution in [3.8, 4) is 0 Å². The molecule has 0 fully saturated rings. The number of rotatable bonds is 9. The van der Waals surface area contributed by atoms with Gasteiger partial charge in [-0.3, -0.25) is 4.79 Å². The summed E-state index contributed by atoms with van der Waals surface area (Å²) >= 11 is 0. The number of carboxylic acid groups (broad SMARTS) is 1. The number of carboxylic acids is 1. The molecule has 5 nitrogen and oxygen atoms in total. The molecule has 0 atom stereocenters. The van der Waals surface area contributed by atoms with Gasteiger partial charge in [0.15, 0.2) is 0 Å². The van der Waals surface area contributed by atoms with Crippen molar-refractivity contribution in [1.82, 2.24) is 14.9 Å². The first-order valence-electron chi connectivity index (χ1n) is 10.3. The highest BCUT2D eigenvalue weighted by molar-refractivity contribution is 5.68. The predicted octanol–water partition coefficient (Wildman–Crippen LogP) is 3.94. The third kappa shape index (κ3) is 4.27. The lowest BCUT2D eigenvalue weighted by Gasteiger charge is -2.37. The molecule has 4 rings (SSSR count). The van der Waals surface area contributed by atoms with Gasteiger partial charge in [-0.25, -0.2) is 4.98 Å². The third-order valence-corrected chi connectivity index (χ3v) is 5.43. The van der Waals surface area contributed by atoms with Gasteiger partial charge in [-0.1, -0.05) is 91.0 Å². The van der Waals surface area contributed by atoms with Gasteiger partial charge in [0, 0.05) is 19.2 Å². The van der Waals surface area contributed by atoms with Crippen LogP contribution >= 0.6 is 0 Å². The Morgan fingerprint density at radius 3 is 1.77 bits per heavy atom. The van der Waals surface area contributed by atoms with E-state index >= 15 is 0 Å². The van der Waals surface area contributed by atoms with E-state index < -0.39 is 11.5 Å². The Kier molecular flexibility index (Phi) is 6.24. The molecule has 0 radical (unpaired) electrons. The molecule has 0 aliphatic rings. The highest BCUT2D eigenvalue weighted by Crippen LogP contribution is 2.40. The molecule has 0 spiro atoms. The molecule has 1 heterocycles. The van der Waals surface area contributed by atoms with Crippen LogP contribution in [0.2, 0.25) is 0 Å². The van der Waals surface area contributed by atoms with E-state index in [-0.39, 0.29) is 6.54 Å². The first kappa shape index (κ1) is 20.6. The monoisotopic (exact) mass is 411 g/mol. The summed E-state index contributed by atoms with van der Waals surface area (Å²) in [6, 6.07) is 31.3. The Morgan fingerprint density at radius 1 is 0.839 bits per heavy atom. The molecule has 0 saturated heterocycles. The average Bonchev–Trinajstić information content (AvgIpc) is 3.28. The maximum atomic E-state index is 10.7. The summed E-state index contributed by atoms with van der Waals surface area (Å²) in [5.74, 6) is -0.859. The molecular weight excluding hydrogens is 386 g/mol. The number of aromatic nitrogens is 2. The van der Waals surface area contributed by atoms with E-state index in [1.807, 2.05) is 24.5 Å². The zero-order chi connectivity index (χ0) is 21.5. The molecule has 0 unspecified atom stereocenters. The van der Waals surface area contributed by atoms with Gasteiger partial charge in [-0.2, -0.15) is 0 Å². The Bertz CT molecular complexity index is 1010. The molecule has 0 aliphatic carbocycles. The number of imidazole rings is 1. The van der Waals surface area contributed by atoms with E-state index in [9.17, 15) is 4.79 Å². The fourth-order valence-electron chi connectivity index (χ4n) is 4.07. The number of carbonyl (C=O) groups is 1. The van der Waals surface area contributed by atoms with Crippen LogP contribution in [0.5, 0.6) is 0 Å². The molecule has 0 aliphatic heterocycles. The predicted molar refractivity (Wildman–Crippen MR) is 121 cm³/mol. The highest BCUT2D eigenvalue weighted by atomic mass is 16.4. The van der Waals surface area contributed by atoms with Crippen molar-refractivity contribution in [1.29, 1.82) is 0 Å². The Hall–Kier alpha value is -3.70. The highest BCUT2D eigenvalue weighted by Gasteiger charge is 2.38. The van der Waals surface area contributed by atoms with E-state index in [1.54, 1.807) is 0 Å². The number of benzene rings is 3. The van der Waals surface area contributed by atoms with Crippen molar-refractivity contribution in [2.75, 3.05) is 13.1 Å². The van der Waals surface area contributed by atoms with Crippen LogP contribution in [0.3, 0.4) is 0 Å². The van der Waals surface area contributed by atoms with Crippen LogP contribution in [0.15, 0.2) is 104 Å². The van der Waals surface area contributed by atoms with Gasteiger partial charge < -0.3 is 15.0 Å². The molecule has 5 heteroatoms. The van der Waals surface area contributed by atoms with E-state index in [4.69, 9.17) is 5.11 Å². The summed E-state index contributed by atoms with van der Waals surface area (Å²) in [6.07, 6.45) is 4.59. The number of hydrogen-bond donors (Lipinski definition) is 2. The minimum atomic E-state index is -0.859. The van der Waals surface area contributed by atoms with Gasteiger partial charge in [0.05, 0.1) is 18.6 Å². The zero-order valence-electron chi connectivity index (χ0n) is 17.2. The van der Waals surface area contributed by atoms with Crippen LogP contribution in [-0.4, -0.2) is 33.7 Å². The summed E-state index contributed by atoms with van der Waals surface area (Å²) in [6.45, 7) is 0.501. The maximum Gasteiger partial charge on any atom is 0.317 e. The van der Waals surface area contributed by atoms with E-state index in [0.717, 1.165) is 22.4 Å². The van der Waals surface area contributed by atoms with Gasteiger partial charge in [-0.05, 0) is 16.7 Å². The van der Waals surface area contributed by atoms with Crippen LogP contribution in [0.4, 0.5) is 0 Å². The molecule has 156 valence electrons. The molecule has 0 bridgehead atoms. The lowest BCUT2D eigenvalue weighted by atomic mass is 9.77. The minimum absolute atomic E-state index is 0.0529. The molecule has 0 saturated carbocycles. The minimum Gasteiger partial charge on any atom is -0.480 e. The Balaban J connectivity index is 1.83. The van der Waals surface area contributed by atoms with Gasteiger partial charge in [-0.15, -0.1) is 0 Å². The van der Waals surface area contributed by atoms with Crippen LogP contribution in [0.1, 0.15) is 22.4 Å². The third-order valence-electron chi connectivity index (χ3n) is 5.43. The van der Waals surface area contributed by atoms with Crippen molar-refractivity contribution in [3.05, 3.63) is 126 Å². The van der Waals surface area contributed by atoms with E-state index in [2.05, 4.69) is 93.9 Å². The van der Waals surface area contributed by atoms with Crippen LogP contribution in [0, 0.1) is 0 Å². The lowest BCUT2D eigenvalue weighted by Crippen LogP contribution is -2.37. The Labute approximate surface area is 182 Å². The molecule has 2 N–H and O–H groups in total. The second-order valence-corrected chi connectivity index (χ2v) is 7.40. The van der Waals surface area contributed by atoms with Crippen LogP contribution in [0.25, 0.3) is 0 Å². The van der Waals surface area contributed by atoms with Gasteiger partial charge >= 0.3 is 5.97 Å². The standard InChI is InChI=1S/C26H25N3O2/c30-25(31)18-27-17-16-24-19-29(20-28-24)26(21-10-4-1-5-11-21,22-12-6-2-7-13-22)23-14-8-3-9-15-23/h1-15,19-20,27H,16-18H2,(H,30,31). The smallest absolute Gasteiger partial charge is 0.317 e. The quantitative estimate of drug-likeness (QED) is 0.323. The molecular formula is C26H25N3O2. The largest absolute Gasteiger partial charge is 0.480 e. The van der Waals surface area contributed by atoms with E-state index in [0.29, 0.717) is 13.0 Å². The molecule has 4 aromatic rings. The summed E-state index contributed by atoms with van der Waals surface area (Å²) in [7, 11) is 0. The average molecular weight is 412 g/mol. The normalized spacial score (nSPS) is 11.4. The fourth-order valence-corrected chi connectivity index (χ4v) is 4.07. The second-order valence-electron chi connectivity index (χ2n) is 7.40. The SMILES string of the molecule is O=C(O)CNCCc1cn(C(c2ccccc2)(c2ccccc2)c2ccccc2)cn1. The topological polar surface area (TPSA) is 67.2 Å². The van der Waals surface area contributed by atoms with Gasteiger partial charge in [0.25, 0.3) is 0 Å². The molecule has 3 aromatic carbocycles. The summed E-state index contributed by atoms with van der Waals surface area (Å²) in [5, 5.41) is 11.7. The lowest BCUT2D eigenvalue weighted by molar-refractivity contribution is -0.135. The van der Waals surface area contributed by atoms with E-state index in [1.165, 1.54) is 0 Å². The maximum absolute atomic E-state index is 10.7. The molecule has 31 heavy (non-hydrogen) atoms.